The summed E-state index contributed by atoms with van der Waals surface area (Å²) in [5, 5.41) is 1.31. The average molecular weight is 257 g/mol. The summed E-state index contributed by atoms with van der Waals surface area (Å²) >= 11 is 6.93. The number of methoxy groups -OCH3 is 1. The van der Waals surface area contributed by atoms with Gasteiger partial charge in [-0.15, -0.1) is 0 Å². The fourth-order valence-electron chi connectivity index (χ4n) is 2.18. The summed E-state index contributed by atoms with van der Waals surface area (Å²) in [7, 11) is -0.213. The lowest BCUT2D eigenvalue weighted by Gasteiger charge is -2.33. The molecule has 0 aliphatic carbocycles. The van der Waals surface area contributed by atoms with Gasteiger partial charge in [-0.25, -0.2) is 0 Å². The highest BCUT2D eigenvalue weighted by molar-refractivity contribution is 7.28. The Morgan fingerprint density at radius 2 is 1.44 bits per heavy atom. The zero-order valence-electron chi connectivity index (χ0n) is 10.8. The molecule has 0 aromatic heterocycles. The lowest BCUT2D eigenvalue weighted by atomic mass is 10.3. The first kappa shape index (κ1) is 13.6. The largest absolute Gasteiger partial charge is 0.497 e. The monoisotopic (exact) mass is 256 g/mol. The van der Waals surface area contributed by atoms with Crippen LogP contribution in [-0.4, -0.2) is 14.5 Å². The molecule has 0 atom stereocenters. The van der Waals surface area contributed by atoms with Crippen LogP contribution in [-0.2, 0) is 0 Å². The van der Waals surface area contributed by atoms with Crippen molar-refractivity contribution in [2.45, 2.75) is 38.8 Å². The molecule has 1 aromatic carbocycles. The molecule has 0 fully saturated rings. The van der Waals surface area contributed by atoms with E-state index in [1.54, 1.807) is 7.11 Å². The quantitative estimate of drug-likeness (QED) is 0.586. The molecular weight excluding hydrogens is 236 g/mol. The Morgan fingerprint density at radius 3 is 1.75 bits per heavy atom. The Labute approximate surface area is 104 Å². The number of rotatable bonds is 4. The number of benzene rings is 1. The highest BCUT2D eigenvalue weighted by Crippen LogP contribution is 2.35. The Kier molecular flexibility index (Phi) is 4.45. The zero-order valence-corrected chi connectivity index (χ0v) is 12.5. The van der Waals surface area contributed by atoms with Crippen LogP contribution in [0.1, 0.15) is 27.7 Å². The Hall–Kier alpha value is -0.473. The first-order valence-electron chi connectivity index (χ1n) is 5.76. The van der Waals surface area contributed by atoms with Crippen LogP contribution in [0.3, 0.4) is 0 Å². The predicted molar refractivity (Wildman–Crippen MR) is 74.4 cm³/mol. The van der Waals surface area contributed by atoms with Crippen molar-refractivity contribution < 1.29 is 4.74 Å². The van der Waals surface area contributed by atoms with E-state index in [1.807, 2.05) is 12.1 Å². The predicted octanol–water partition coefficient (Wildman–Crippen LogP) is 3.91. The molecule has 1 aromatic rings. The van der Waals surface area contributed by atoms with Crippen molar-refractivity contribution in [3.05, 3.63) is 24.3 Å². The maximum atomic E-state index is 6.93. The molecule has 16 heavy (non-hydrogen) atoms. The van der Waals surface area contributed by atoms with E-state index in [9.17, 15) is 0 Å². The lowest BCUT2D eigenvalue weighted by molar-refractivity contribution is 0.415. The molecule has 1 rings (SSSR count). The van der Waals surface area contributed by atoms with Crippen LogP contribution in [0, 0.1) is 0 Å². The van der Waals surface area contributed by atoms with Crippen LogP contribution in [0.5, 0.6) is 5.75 Å². The molecule has 0 amide bonds. The summed E-state index contributed by atoms with van der Waals surface area (Å²) in [6.45, 7) is 8.90. The molecule has 0 radical (unpaired) electrons. The minimum atomic E-state index is -1.90. The molecule has 0 aliphatic heterocycles. The van der Waals surface area contributed by atoms with Crippen molar-refractivity contribution in [1.82, 2.24) is 0 Å². The van der Waals surface area contributed by atoms with E-state index < -0.39 is 7.38 Å². The standard InChI is InChI=1S/C13H21ClOSi/c1-10(2)16(14,11(3)4)13-8-6-12(15-5)7-9-13/h6-11H,1-5H3. The minimum Gasteiger partial charge on any atom is -0.497 e. The summed E-state index contributed by atoms with van der Waals surface area (Å²) in [6.07, 6.45) is 0. The lowest BCUT2D eigenvalue weighted by Crippen LogP contribution is -2.47. The van der Waals surface area contributed by atoms with Crippen molar-refractivity contribution >= 4 is 23.6 Å². The van der Waals surface area contributed by atoms with Crippen molar-refractivity contribution in [2.75, 3.05) is 7.11 Å². The molecule has 0 spiro atoms. The Morgan fingerprint density at radius 1 is 1.00 bits per heavy atom. The Balaban J connectivity index is 3.12. The van der Waals surface area contributed by atoms with Crippen molar-refractivity contribution in [3.8, 4) is 5.75 Å². The number of hydrogen-bond donors (Lipinski definition) is 0. The van der Waals surface area contributed by atoms with Crippen molar-refractivity contribution in [2.24, 2.45) is 0 Å². The van der Waals surface area contributed by atoms with E-state index in [-0.39, 0.29) is 0 Å². The third kappa shape index (κ3) is 2.43. The molecule has 90 valence electrons. The number of hydrogen-bond acceptors (Lipinski definition) is 1. The van der Waals surface area contributed by atoms with Crippen LogP contribution in [0.15, 0.2) is 24.3 Å². The Bertz CT molecular complexity index is 324. The molecule has 0 N–H and O–H groups in total. The first-order valence-corrected chi connectivity index (χ1v) is 8.93. The van der Waals surface area contributed by atoms with Crippen molar-refractivity contribution in [1.29, 1.82) is 0 Å². The van der Waals surface area contributed by atoms with Gasteiger partial charge in [0.2, 0.25) is 0 Å². The molecule has 0 unspecified atom stereocenters. The van der Waals surface area contributed by atoms with Gasteiger partial charge >= 0.3 is 0 Å². The number of ether oxygens (including phenoxy) is 1. The van der Waals surface area contributed by atoms with Gasteiger partial charge in [-0.05, 0) is 28.4 Å². The van der Waals surface area contributed by atoms with Crippen LogP contribution in [0.4, 0.5) is 0 Å². The summed E-state index contributed by atoms with van der Waals surface area (Å²) in [4.78, 5) is 0. The van der Waals surface area contributed by atoms with E-state index in [0.717, 1.165) is 5.75 Å². The van der Waals surface area contributed by atoms with E-state index in [4.69, 9.17) is 15.8 Å². The van der Waals surface area contributed by atoms with Crippen molar-refractivity contribution in [3.63, 3.8) is 0 Å². The molecule has 0 saturated heterocycles. The van der Waals surface area contributed by atoms with Gasteiger partial charge in [-0.2, -0.15) is 11.1 Å². The topological polar surface area (TPSA) is 9.23 Å². The van der Waals surface area contributed by atoms with Gasteiger partial charge in [0, 0.05) is 0 Å². The fourth-order valence-corrected chi connectivity index (χ4v) is 5.90. The summed E-state index contributed by atoms with van der Waals surface area (Å²) < 4.78 is 5.18. The van der Waals surface area contributed by atoms with E-state index in [0.29, 0.717) is 11.1 Å². The molecular formula is C13H21ClOSi. The van der Waals surface area contributed by atoms with Gasteiger partial charge in [0.05, 0.1) is 7.11 Å². The van der Waals surface area contributed by atoms with Crippen LogP contribution in [0.2, 0.25) is 11.1 Å². The molecule has 0 heterocycles. The normalized spacial score (nSPS) is 12.2. The van der Waals surface area contributed by atoms with Gasteiger partial charge in [0.25, 0.3) is 0 Å². The highest BCUT2D eigenvalue weighted by atomic mass is 35.6. The average Bonchev–Trinajstić information content (AvgIpc) is 2.27. The van der Waals surface area contributed by atoms with E-state index in [2.05, 4.69) is 39.8 Å². The second-order valence-corrected chi connectivity index (χ2v) is 11.1. The zero-order chi connectivity index (χ0) is 12.3. The SMILES string of the molecule is COc1ccc([Si](Cl)(C(C)C)C(C)C)cc1. The molecule has 0 aliphatic rings. The van der Waals surface area contributed by atoms with Crippen LogP contribution < -0.4 is 9.92 Å². The number of halogens is 1. The highest BCUT2D eigenvalue weighted by Gasteiger charge is 2.40. The van der Waals surface area contributed by atoms with Crippen LogP contribution >= 0.6 is 11.1 Å². The van der Waals surface area contributed by atoms with Gasteiger partial charge in [-0.1, -0.05) is 39.8 Å². The maximum absolute atomic E-state index is 6.93. The fraction of sp³-hybridized carbons (Fsp3) is 0.538. The second-order valence-electron chi connectivity index (χ2n) is 4.81. The second kappa shape index (κ2) is 5.24. The third-order valence-electron chi connectivity index (χ3n) is 3.21. The molecule has 0 bridgehead atoms. The molecule has 1 nitrogen and oxygen atoms in total. The molecule has 0 saturated carbocycles. The third-order valence-corrected chi connectivity index (χ3v) is 11.1. The molecule has 3 heteroatoms. The van der Waals surface area contributed by atoms with Gasteiger partial charge in [0.1, 0.15) is 5.75 Å². The van der Waals surface area contributed by atoms with Gasteiger partial charge in [0.15, 0.2) is 7.38 Å². The van der Waals surface area contributed by atoms with Gasteiger partial charge < -0.3 is 4.74 Å². The maximum Gasteiger partial charge on any atom is 0.191 e. The smallest absolute Gasteiger partial charge is 0.191 e. The minimum absolute atomic E-state index is 0.530. The van der Waals surface area contributed by atoms with Crippen LogP contribution in [0.25, 0.3) is 0 Å². The summed E-state index contributed by atoms with van der Waals surface area (Å²) in [5.41, 5.74) is 1.06. The van der Waals surface area contributed by atoms with E-state index in [1.165, 1.54) is 5.19 Å². The summed E-state index contributed by atoms with van der Waals surface area (Å²) in [5.74, 6) is 0.893. The van der Waals surface area contributed by atoms with E-state index >= 15 is 0 Å². The first-order chi connectivity index (χ1) is 7.42. The summed E-state index contributed by atoms with van der Waals surface area (Å²) in [6, 6.07) is 8.25. The van der Waals surface area contributed by atoms with Gasteiger partial charge in [-0.3, -0.25) is 0 Å².